The quantitative estimate of drug-likeness (QED) is 0.908. The van der Waals surface area contributed by atoms with Gasteiger partial charge in [-0.2, -0.15) is 0 Å². The normalized spacial score (nSPS) is 16.7. The molecule has 0 saturated heterocycles. The fraction of sp³-hybridized carbons (Fsp3) is 0.176. The van der Waals surface area contributed by atoms with Crippen LogP contribution in [0.3, 0.4) is 0 Å². The molecule has 0 aliphatic carbocycles. The molecule has 0 bridgehead atoms. The van der Waals surface area contributed by atoms with Crippen molar-refractivity contribution in [2.45, 2.75) is 10.8 Å². The molecule has 1 aliphatic rings. The summed E-state index contributed by atoms with van der Waals surface area (Å²) < 4.78 is 23.9. The molecular weight excluding hydrogens is 328 g/mol. The van der Waals surface area contributed by atoms with Crippen LogP contribution in [0.5, 0.6) is 0 Å². The van der Waals surface area contributed by atoms with Crippen LogP contribution in [0.1, 0.15) is 21.8 Å². The summed E-state index contributed by atoms with van der Waals surface area (Å²) >= 11 is 0. The minimum atomic E-state index is -3.55. The van der Waals surface area contributed by atoms with E-state index in [0.29, 0.717) is 11.3 Å². The first-order chi connectivity index (χ1) is 11.3. The summed E-state index contributed by atoms with van der Waals surface area (Å²) in [4.78, 5) is 26.0. The van der Waals surface area contributed by atoms with Gasteiger partial charge in [0.1, 0.15) is 0 Å². The molecule has 1 heterocycles. The summed E-state index contributed by atoms with van der Waals surface area (Å²) in [7, 11) is -3.55. The Balaban J connectivity index is 2.09. The molecule has 0 spiro atoms. The monoisotopic (exact) mass is 344 g/mol. The highest BCUT2D eigenvalue weighted by molar-refractivity contribution is 7.90. The van der Waals surface area contributed by atoms with Gasteiger partial charge in [-0.25, -0.2) is 8.42 Å². The SMILES string of the molecule is CS(=O)(=O)c1ccccc1C(=O)N1C[C@H](C(N)=O)c2ccccc21. The number of nitrogens with two attached hydrogens (primary N) is 1. The smallest absolute Gasteiger partial charge is 0.259 e. The van der Waals surface area contributed by atoms with Crippen molar-refractivity contribution >= 4 is 27.3 Å². The van der Waals surface area contributed by atoms with Gasteiger partial charge < -0.3 is 10.6 Å². The zero-order chi connectivity index (χ0) is 17.5. The number of para-hydroxylation sites is 1. The van der Waals surface area contributed by atoms with E-state index in [9.17, 15) is 18.0 Å². The summed E-state index contributed by atoms with van der Waals surface area (Å²) in [5, 5.41) is 0. The molecule has 1 aliphatic heterocycles. The number of primary amides is 1. The Kier molecular flexibility index (Phi) is 3.88. The second-order valence-corrected chi connectivity index (χ2v) is 7.68. The third kappa shape index (κ3) is 2.67. The van der Waals surface area contributed by atoms with Crippen LogP contribution in [-0.2, 0) is 14.6 Å². The third-order valence-corrected chi connectivity index (χ3v) is 5.23. The van der Waals surface area contributed by atoms with Gasteiger partial charge in [-0.1, -0.05) is 30.3 Å². The van der Waals surface area contributed by atoms with Crippen molar-refractivity contribution in [3.63, 3.8) is 0 Å². The first-order valence-electron chi connectivity index (χ1n) is 7.30. The number of benzene rings is 2. The minimum absolute atomic E-state index is 0.0324. The molecule has 0 fully saturated rings. The maximum Gasteiger partial charge on any atom is 0.259 e. The molecule has 6 nitrogen and oxygen atoms in total. The number of carbonyl (C=O) groups excluding carboxylic acids is 2. The summed E-state index contributed by atoms with van der Waals surface area (Å²) in [6.07, 6.45) is 1.06. The molecule has 2 aromatic rings. The van der Waals surface area contributed by atoms with Crippen molar-refractivity contribution in [3.05, 3.63) is 59.7 Å². The average molecular weight is 344 g/mol. The molecular formula is C17H16N2O4S. The van der Waals surface area contributed by atoms with Crippen LogP contribution in [0.4, 0.5) is 5.69 Å². The predicted molar refractivity (Wildman–Crippen MR) is 89.6 cm³/mol. The summed E-state index contributed by atoms with van der Waals surface area (Å²) in [5.41, 5.74) is 6.78. The molecule has 7 heteroatoms. The largest absolute Gasteiger partial charge is 0.369 e. The number of hydrogen-bond donors (Lipinski definition) is 1. The molecule has 1 atom stereocenters. The van der Waals surface area contributed by atoms with Gasteiger partial charge in [0.05, 0.1) is 16.4 Å². The molecule has 0 saturated carbocycles. The first kappa shape index (κ1) is 16.2. The van der Waals surface area contributed by atoms with E-state index in [1.807, 2.05) is 0 Å². The number of amides is 2. The van der Waals surface area contributed by atoms with E-state index >= 15 is 0 Å². The maximum atomic E-state index is 13.0. The van der Waals surface area contributed by atoms with E-state index in [1.54, 1.807) is 36.4 Å². The molecule has 0 unspecified atom stereocenters. The van der Waals surface area contributed by atoms with Crippen molar-refractivity contribution in [1.29, 1.82) is 0 Å². The summed E-state index contributed by atoms with van der Waals surface area (Å²) in [6.45, 7) is 0.103. The number of fused-ring (bicyclic) bond motifs is 1. The zero-order valence-electron chi connectivity index (χ0n) is 13.0. The van der Waals surface area contributed by atoms with Crippen LogP contribution in [0.25, 0.3) is 0 Å². The fourth-order valence-corrected chi connectivity index (χ4v) is 3.84. The van der Waals surface area contributed by atoms with Crippen molar-refractivity contribution in [3.8, 4) is 0 Å². The van der Waals surface area contributed by atoms with Crippen LogP contribution in [0.2, 0.25) is 0 Å². The van der Waals surface area contributed by atoms with Gasteiger partial charge in [-0.15, -0.1) is 0 Å². The summed E-state index contributed by atoms with van der Waals surface area (Å²) in [5.74, 6) is -1.59. The Labute approximate surface area is 139 Å². The Hall–Kier alpha value is -2.67. The number of sulfone groups is 1. The van der Waals surface area contributed by atoms with Gasteiger partial charge in [0.15, 0.2) is 9.84 Å². The molecule has 2 N–H and O–H groups in total. The Morgan fingerprint density at radius 3 is 2.38 bits per heavy atom. The van der Waals surface area contributed by atoms with Gasteiger partial charge in [-0.05, 0) is 23.8 Å². The number of rotatable bonds is 3. The first-order valence-corrected chi connectivity index (χ1v) is 9.19. The number of nitrogens with zero attached hydrogens (tertiary/aromatic N) is 1. The lowest BCUT2D eigenvalue weighted by atomic mass is 10.0. The molecule has 24 heavy (non-hydrogen) atoms. The molecule has 3 rings (SSSR count). The molecule has 0 aromatic heterocycles. The fourth-order valence-electron chi connectivity index (χ4n) is 2.95. The van der Waals surface area contributed by atoms with Gasteiger partial charge >= 0.3 is 0 Å². The van der Waals surface area contributed by atoms with Gasteiger partial charge in [0.25, 0.3) is 5.91 Å². The maximum absolute atomic E-state index is 13.0. The Morgan fingerprint density at radius 2 is 1.71 bits per heavy atom. The van der Waals surface area contributed by atoms with E-state index in [1.165, 1.54) is 17.0 Å². The topological polar surface area (TPSA) is 97.5 Å². The number of carbonyl (C=O) groups is 2. The van der Waals surface area contributed by atoms with Gasteiger partial charge in [0, 0.05) is 18.5 Å². The lowest BCUT2D eigenvalue weighted by Crippen LogP contribution is -2.33. The van der Waals surface area contributed by atoms with E-state index in [0.717, 1.165) is 6.26 Å². The van der Waals surface area contributed by atoms with Crippen LogP contribution < -0.4 is 10.6 Å². The van der Waals surface area contributed by atoms with Crippen molar-refractivity contribution in [2.24, 2.45) is 5.73 Å². The lowest BCUT2D eigenvalue weighted by Gasteiger charge is -2.19. The molecule has 0 radical (unpaired) electrons. The number of anilines is 1. The average Bonchev–Trinajstić information content (AvgIpc) is 2.93. The second-order valence-electron chi connectivity index (χ2n) is 5.70. The van der Waals surface area contributed by atoms with Crippen LogP contribution in [0.15, 0.2) is 53.4 Å². The van der Waals surface area contributed by atoms with Crippen LogP contribution >= 0.6 is 0 Å². The highest BCUT2D eigenvalue weighted by Crippen LogP contribution is 2.37. The van der Waals surface area contributed by atoms with Crippen molar-refractivity contribution in [1.82, 2.24) is 0 Å². The van der Waals surface area contributed by atoms with Crippen molar-refractivity contribution < 1.29 is 18.0 Å². The molecule has 2 aromatic carbocycles. The lowest BCUT2D eigenvalue weighted by molar-refractivity contribution is -0.119. The minimum Gasteiger partial charge on any atom is -0.369 e. The highest BCUT2D eigenvalue weighted by Gasteiger charge is 2.36. The standard InChI is InChI=1S/C17H16N2O4S/c1-24(22,23)15-9-5-3-7-12(15)17(21)19-10-13(16(18)20)11-6-2-4-8-14(11)19/h2-9,13H,10H2,1H3,(H2,18,20)/t13-/m0/s1. The third-order valence-electron chi connectivity index (χ3n) is 4.07. The van der Waals surface area contributed by atoms with Gasteiger partial charge in [0.2, 0.25) is 5.91 Å². The highest BCUT2D eigenvalue weighted by atomic mass is 32.2. The zero-order valence-corrected chi connectivity index (χ0v) is 13.8. The Morgan fingerprint density at radius 1 is 1.08 bits per heavy atom. The van der Waals surface area contributed by atoms with Crippen LogP contribution in [-0.4, -0.2) is 33.0 Å². The summed E-state index contributed by atoms with van der Waals surface area (Å²) in [6, 6.07) is 13.0. The van der Waals surface area contributed by atoms with Crippen molar-refractivity contribution in [2.75, 3.05) is 17.7 Å². The van der Waals surface area contributed by atoms with E-state index in [4.69, 9.17) is 5.73 Å². The molecule has 2 amide bonds. The van der Waals surface area contributed by atoms with Crippen LogP contribution in [0, 0.1) is 0 Å². The van der Waals surface area contributed by atoms with Gasteiger partial charge in [-0.3, -0.25) is 9.59 Å². The molecule has 124 valence electrons. The van der Waals surface area contributed by atoms with E-state index in [2.05, 4.69) is 0 Å². The predicted octanol–water partition coefficient (Wildman–Crippen LogP) is 1.32. The van der Waals surface area contributed by atoms with E-state index < -0.39 is 27.6 Å². The number of hydrogen-bond acceptors (Lipinski definition) is 4. The second kappa shape index (κ2) is 5.76. The van der Waals surface area contributed by atoms with E-state index in [-0.39, 0.29) is 17.0 Å². The Bertz CT molecular complexity index is 937.